The summed E-state index contributed by atoms with van der Waals surface area (Å²) in [5.74, 6) is 0. The predicted molar refractivity (Wildman–Crippen MR) is 408 cm³/mol. The third kappa shape index (κ3) is 19.2. The minimum atomic E-state index is 0.351. The van der Waals surface area contributed by atoms with Crippen LogP contribution in [0.15, 0.2) is 0 Å². The molecule has 5 aliphatic carbocycles. The number of ether oxygens (including phenoxy) is 2. The highest BCUT2D eigenvalue weighted by atomic mass is 16.5. The SMILES string of the molecule is CC(C)(C)C1(C(C)(C)C)CC1.CC(C)(C)C1(C(C)(C)C)CCC1.CC(C)(C)C1(C(C)(C)C)CCCC1.CC(C)(C)C1(C(C)(C)C)CCCCC1.CC(C)(C)C1(C(C)(C)C)CCCCC1.CC(C)(C)C1(C(C)(C)C)CCOCC1.CC(C)(C)C1(C(C)(C)C)COC1. The molecule has 2 saturated heterocycles. The minimum Gasteiger partial charge on any atom is -0.381 e. The van der Waals surface area contributed by atoms with Gasteiger partial charge in [0, 0.05) is 18.6 Å². The molecule has 0 aromatic carbocycles. The quantitative estimate of drug-likeness (QED) is 0.241. The molecule has 2 heteroatoms. The van der Waals surface area contributed by atoms with Crippen LogP contribution in [0.5, 0.6) is 0 Å². The Morgan fingerprint density at radius 2 is 0.289 bits per heavy atom. The van der Waals surface area contributed by atoms with Gasteiger partial charge in [0.2, 0.25) is 0 Å². The van der Waals surface area contributed by atoms with E-state index in [2.05, 4.69) is 291 Å². The summed E-state index contributed by atoms with van der Waals surface area (Å²) in [5, 5.41) is 0. The van der Waals surface area contributed by atoms with Crippen LogP contribution in [0, 0.1) is 114 Å². The van der Waals surface area contributed by atoms with E-state index in [4.69, 9.17) is 9.47 Å². The number of hydrogen-bond donors (Lipinski definition) is 0. The number of hydrogen-bond acceptors (Lipinski definition) is 2. The lowest BCUT2D eigenvalue weighted by Gasteiger charge is -2.60. The molecule has 0 aromatic heterocycles. The van der Waals surface area contributed by atoms with Gasteiger partial charge in [-0.2, -0.15) is 0 Å². The van der Waals surface area contributed by atoms with Gasteiger partial charge >= 0.3 is 0 Å². The van der Waals surface area contributed by atoms with E-state index >= 15 is 0 Å². The summed E-state index contributed by atoms with van der Waals surface area (Å²) >= 11 is 0. The van der Waals surface area contributed by atoms with Gasteiger partial charge in [0.15, 0.2) is 0 Å². The highest BCUT2D eigenvalue weighted by molar-refractivity contribution is 5.09. The lowest BCUT2D eigenvalue weighted by atomic mass is 9.45. The minimum absolute atomic E-state index is 0.351. The van der Waals surface area contributed by atoms with E-state index in [1.165, 1.54) is 135 Å². The average molecular weight is 1270 g/mol. The second kappa shape index (κ2) is 29.4. The molecule has 0 aromatic rings. The molecule has 0 bridgehead atoms. The van der Waals surface area contributed by atoms with Crippen LogP contribution in [0.25, 0.3) is 0 Å². The van der Waals surface area contributed by atoms with Gasteiger partial charge in [0.1, 0.15) is 0 Å². The zero-order chi connectivity index (χ0) is 71.6. The van der Waals surface area contributed by atoms with E-state index < -0.39 is 0 Å². The fourth-order valence-corrected chi connectivity index (χ4v) is 22.7. The molecular formula is C88H176O2. The van der Waals surface area contributed by atoms with E-state index in [1.54, 1.807) is 0 Å². The van der Waals surface area contributed by atoms with Gasteiger partial charge in [-0.05, 0) is 185 Å². The summed E-state index contributed by atoms with van der Waals surface area (Å²) in [7, 11) is 0. The van der Waals surface area contributed by atoms with Crippen LogP contribution in [0.4, 0.5) is 0 Å². The molecule has 5 saturated carbocycles. The maximum Gasteiger partial charge on any atom is 0.0554 e. The summed E-state index contributed by atoms with van der Waals surface area (Å²) in [6, 6.07) is 0. The van der Waals surface area contributed by atoms with Crippen molar-refractivity contribution in [3.63, 3.8) is 0 Å². The maximum atomic E-state index is 5.52. The van der Waals surface area contributed by atoms with Crippen LogP contribution in [-0.2, 0) is 9.47 Å². The molecular weight excluding hydrogens is 1090 g/mol. The van der Waals surface area contributed by atoms with Crippen molar-refractivity contribution in [1.29, 1.82) is 0 Å². The van der Waals surface area contributed by atoms with Crippen molar-refractivity contribution in [2.75, 3.05) is 26.4 Å². The van der Waals surface area contributed by atoms with Crippen molar-refractivity contribution in [2.45, 2.75) is 426 Å². The third-order valence-electron chi connectivity index (χ3n) is 29.0. The second-order valence-corrected chi connectivity index (χ2v) is 46.4. The first-order chi connectivity index (χ1) is 39.4. The Morgan fingerprint density at radius 1 is 0.144 bits per heavy atom. The molecule has 0 unspecified atom stereocenters. The molecule has 540 valence electrons. The molecule has 2 nitrogen and oxygen atoms in total. The Labute approximate surface area is 572 Å². The standard InChI is InChI=1S/2C14H28.C13H26O.C13H26.C12H24.C11H22O.C11H22/c2*1-12(2,3)14(13(4,5)6)10-8-7-9-11-14;1-11(2,3)13(12(4,5)6)7-9-14-10-8-13;1-11(2,3)13(12(4,5)6)9-7-8-10-13;1-10(2,3)12(8-7-9-12)11(4,5)6;1-9(2,3)11(7-12-8-11)10(4,5)6;1-9(2,3)11(7-8-11)10(4,5)6/h2*7-11H2,1-6H3;7-10H2,1-6H3;7-10H2,1-6H3;7-9H2,1-6H3;7-8H2,1-6H3;7-8H2,1-6H3. The second-order valence-electron chi connectivity index (χ2n) is 46.4. The van der Waals surface area contributed by atoms with Gasteiger partial charge in [0.05, 0.1) is 13.2 Å². The van der Waals surface area contributed by atoms with Gasteiger partial charge in [-0.3, -0.25) is 0 Å². The monoisotopic (exact) mass is 1270 g/mol. The number of rotatable bonds is 0. The van der Waals surface area contributed by atoms with Crippen molar-refractivity contribution in [1.82, 2.24) is 0 Å². The fourth-order valence-electron chi connectivity index (χ4n) is 22.7. The van der Waals surface area contributed by atoms with Crippen LogP contribution >= 0.6 is 0 Å². The summed E-state index contributed by atoms with van der Waals surface area (Å²) in [4.78, 5) is 0. The fraction of sp³-hybridized carbons (Fsp3) is 1.00. The van der Waals surface area contributed by atoms with Crippen LogP contribution in [-0.4, -0.2) is 26.4 Å². The van der Waals surface area contributed by atoms with Crippen molar-refractivity contribution >= 4 is 0 Å². The van der Waals surface area contributed by atoms with Gasteiger partial charge in [-0.15, -0.1) is 0 Å². The first-order valence-corrected chi connectivity index (χ1v) is 38.6. The Balaban J connectivity index is 0.000000526. The van der Waals surface area contributed by atoms with Crippen LogP contribution < -0.4 is 0 Å². The van der Waals surface area contributed by atoms with Crippen molar-refractivity contribution in [2.24, 2.45) is 114 Å². The molecule has 7 fully saturated rings. The normalized spacial score (nSPS) is 23.5. The van der Waals surface area contributed by atoms with Crippen LogP contribution in [0.2, 0.25) is 0 Å². The Bertz CT molecular complexity index is 1790. The summed E-state index contributed by atoms with van der Waals surface area (Å²) in [6.45, 7) is 104. The smallest absolute Gasteiger partial charge is 0.0554 e. The van der Waals surface area contributed by atoms with Crippen molar-refractivity contribution < 1.29 is 9.47 Å². The largest absolute Gasteiger partial charge is 0.381 e. The molecule has 0 radical (unpaired) electrons. The molecule has 7 aliphatic rings. The van der Waals surface area contributed by atoms with Gasteiger partial charge in [0.25, 0.3) is 0 Å². The van der Waals surface area contributed by atoms with E-state index in [0.717, 1.165) is 26.4 Å². The topological polar surface area (TPSA) is 18.5 Å². The Hall–Kier alpha value is -0.0800. The van der Waals surface area contributed by atoms with Crippen molar-refractivity contribution in [3.05, 3.63) is 0 Å². The lowest BCUT2D eigenvalue weighted by molar-refractivity contribution is -0.224. The summed E-state index contributed by atoms with van der Waals surface area (Å²) in [5.41, 5.74) is 9.80. The predicted octanol–water partition coefficient (Wildman–Crippen LogP) is 29.8. The molecule has 90 heavy (non-hydrogen) atoms. The first-order valence-electron chi connectivity index (χ1n) is 38.6. The highest BCUT2D eigenvalue weighted by Crippen LogP contribution is 2.69. The summed E-state index contributed by atoms with van der Waals surface area (Å²) in [6.07, 6.45) is 29.7. The summed E-state index contributed by atoms with van der Waals surface area (Å²) < 4.78 is 10.9. The van der Waals surface area contributed by atoms with Gasteiger partial charge in [-0.25, -0.2) is 0 Å². The van der Waals surface area contributed by atoms with E-state index in [1.807, 2.05) is 0 Å². The average Bonchev–Trinajstić information content (AvgIpc) is 1.26. The maximum absolute atomic E-state index is 5.52. The molecule has 7 rings (SSSR count). The van der Waals surface area contributed by atoms with E-state index in [0.29, 0.717) is 114 Å². The zero-order valence-corrected chi connectivity index (χ0v) is 71.0. The van der Waals surface area contributed by atoms with Crippen LogP contribution in [0.1, 0.15) is 426 Å². The molecule has 0 N–H and O–H groups in total. The zero-order valence-electron chi connectivity index (χ0n) is 71.0. The third-order valence-corrected chi connectivity index (χ3v) is 29.0. The molecule has 2 heterocycles. The van der Waals surface area contributed by atoms with Crippen molar-refractivity contribution in [3.8, 4) is 0 Å². The molecule has 0 amide bonds. The van der Waals surface area contributed by atoms with Gasteiger partial charge in [-0.1, -0.05) is 349 Å². The highest BCUT2D eigenvalue weighted by Gasteiger charge is 2.60. The van der Waals surface area contributed by atoms with E-state index in [9.17, 15) is 0 Å². The Morgan fingerprint density at radius 3 is 0.367 bits per heavy atom. The molecule has 2 aliphatic heterocycles. The Kier molecular flexibility index (Phi) is 28.7. The lowest BCUT2D eigenvalue weighted by Crippen LogP contribution is -2.59. The van der Waals surface area contributed by atoms with E-state index in [-0.39, 0.29) is 0 Å². The van der Waals surface area contributed by atoms with Gasteiger partial charge < -0.3 is 9.47 Å². The van der Waals surface area contributed by atoms with Crippen LogP contribution in [0.3, 0.4) is 0 Å². The molecule has 0 atom stereocenters. The first kappa shape index (κ1) is 87.9. The molecule has 0 spiro atoms.